The Morgan fingerprint density at radius 2 is 2.08 bits per heavy atom. The van der Waals surface area contributed by atoms with E-state index in [2.05, 4.69) is 4.90 Å². The van der Waals surface area contributed by atoms with Gasteiger partial charge in [-0.3, -0.25) is 9.69 Å². The van der Waals surface area contributed by atoms with Gasteiger partial charge in [0.2, 0.25) is 0 Å². The fourth-order valence-corrected chi connectivity index (χ4v) is 1.65. The first-order chi connectivity index (χ1) is 5.13. The molecule has 1 aliphatic rings. The first kappa shape index (κ1) is 11.6. The molecule has 0 N–H and O–H groups in total. The van der Waals surface area contributed by atoms with Crippen LogP contribution in [0.15, 0.2) is 0 Å². The maximum absolute atomic E-state index is 11.5. The van der Waals surface area contributed by atoms with Crippen LogP contribution in [0.1, 0.15) is 34.1 Å². The van der Waals surface area contributed by atoms with Crippen molar-refractivity contribution in [2.75, 3.05) is 13.6 Å². The average molecular weight is 171 g/mol. The molecule has 0 aromatic rings. The monoisotopic (exact) mass is 171 g/mol. The second-order valence-corrected chi connectivity index (χ2v) is 3.70. The standard InChI is InChI=1S/C9H17NO.CH4/c1-7(2)9(11)8-5-4-6-10(8)3;/h7-8H,4-6H2,1-3H3;1H4/t8-;/m0./s1. The number of carbonyl (C=O) groups excluding carboxylic acids is 1. The second-order valence-electron chi connectivity index (χ2n) is 3.70. The zero-order chi connectivity index (χ0) is 8.43. The van der Waals surface area contributed by atoms with Crippen molar-refractivity contribution in [1.82, 2.24) is 4.90 Å². The van der Waals surface area contributed by atoms with Gasteiger partial charge in [-0.05, 0) is 26.4 Å². The lowest BCUT2D eigenvalue weighted by molar-refractivity contribution is -0.125. The summed E-state index contributed by atoms with van der Waals surface area (Å²) < 4.78 is 0. The Balaban J connectivity index is 0.00000121. The highest BCUT2D eigenvalue weighted by atomic mass is 16.1. The Morgan fingerprint density at radius 1 is 1.50 bits per heavy atom. The van der Waals surface area contributed by atoms with Crippen molar-refractivity contribution in [3.63, 3.8) is 0 Å². The largest absolute Gasteiger partial charge is 0.298 e. The molecule has 0 aromatic carbocycles. The van der Waals surface area contributed by atoms with E-state index in [4.69, 9.17) is 0 Å². The lowest BCUT2D eigenvalue weighted by atomic mass is 10.0. The number of hydrogen-bond donors (Lipinski definition) is 0. The van der Waals surface area contributed by atoms with Crippen LogP contribution in [0.3, 0.4) is 0 Å². The van der Waals surface area contributed by atoms with Gasteiger partial charge in [0.1, 0.15) is 0 Å². The number of Topliss-reactive ketones (excluding diaryl/α,β-unsaturated/α-hetero) is 1. The number of rotatable bonds is 2. The van der Waals surface area contributed by atoms with Gasteiger partial charge in [0.15, 0.2) is 5.78 Å². The highest BCUT2D eigenvalue weighted by Gasteiger charge is 2.28. The molecule has 0 bridgehead atoms. The Morgan fingerprint density at radius 3 is 2.42 bits per heavy atom. The minimum atomic E-state index is 0. The van der Waals surface area contributed by atoms with Gasteiger partial charge in [-0.2, -0.15) is 0 Å². The third-order valence-electron chi connectivity index (χ3n) is 2.42. The van der Waals surface area contributed by atoms with Crippen molar-refractivity contribution >= 4 is 5.78 Å². The van der Waals surface area contributed by atoms with Crippen LogP contribution >= 0.6 is 0 Å². The molecule has 1 saturated heterocycles. The van der Waals surface area contributed by atoms with Crippen LogP contribution in [-0.2, 0) is 4.79 Å². The highest BCUT2D eigenvalue weighted by molar-refractivity contribution is 5.85. The van der Waals surface area contributed by atoms with Crippen molar-refractivity contribution in [3.05, 3.63) is 0 Å². The molecule has 0 aromatic heterocycles. The molecule has 72 valence electrons. The fraction of sp³-hybridized carbons (Fsp3) is 0.900. The van der Waals surface area contributed by atoms with Crippen LogP contribution in [0.5, 0.6) is 0 Å². The van der Waals surface area contributed by atoms with E-state index in [0.29, 0.717) is 5.78 Å². The van der Waals surface area contributed by atoms with E-state index in [1.807, 2.05) is 20.9 Å². The van der Waals surface area contributed by atoms with Crippen molar-refractivity contribution < 1.29 is 4.79 Å². The summed E-state index contributed by atoms with van der Waals surface area (Å²) in [7, 11) is 2.04. The zero-order valence-corrected chi connectivity index (χ0v) is 7.63. The number of likely N-dealkylation sites (N-methyl/N-ethyl adjacent to an activating group) is 1. The van der Waals surface area contributed by atoms with Crippen LogP contribution in [0.25, 0.3) is 0 Å². The Bertz CT molecular complexity index is 154. The van der Waals surface area contributed by atoms with Crippen LogP contribution in [0.2, 0.25) is 0 Å². The SMILES string of the molecule is C.CC(C)C(=O)[C@@H]1CCCN1C. The molecule has 0 unspecified atom stereocenters. The molecule has 0 spiro atoms. The minimum absolute atomic E-state index is 0. The lowest BCUT2D eigenvalue weighted by Crippen LogP contribution is -2.35. The van der Waals surface area contributed by atoms with E-state index in [1.165, 1.54) is 6.42 Å². The van der Waals surface area contributed by atoms with Gasteiger partial charge in [-0.15, -0.1) is 0 Å². The summed E-state index contributed by atoms with van der Waals surface area (Å²) >= 11 is 0. The Kier molecular flexibility index (Phi) is 4.46. The molecular formula is C10H21NO. The summed E-state index contributed by atoms with van der Waals surface area (Å²) in [5.41, 5.74) is 0. The number of carbonyl (C=O) groups is 1. The number of hydrogen-bond acceptors (Lipinski definition) is 2. The summed E-state index contributed by atoms with van der Waals surface area (Å²) in [6, 6.07) is 0.218. The maximum atomic E-state index is 11.5. The molecule has 0 saturated carbocycles. The summed E-state index contributed by atoms with van der Waals surface area (Å²) in [5, 5.41) is 0. The second kappa shape index (κ2) is 4.61. The lowest BCUT2D eigenvalue weighted by Gasteiger charge is -2.19. The quantitative estimate of drug-likeness (QED) is 0.633. The number of likely N-dealkylation sites (tertiary alicyclic amines) is 1. The molecule has 2 heteroatoms. The molecule has 2 nitrogen and oxygen atoms in total. The van der Waals surface area contributed by atoms with Gasteiger partial charge in [0.05, 0.1) is 6.04 Å². The molecule has 12 heavy (non-hydrogen) atoms. The van der Waals surface area contributed by atoms with E-state index >= 15 is 0 Å². The van der Waals surface area contributed by atoms with E-state index in [1.54, 1.807) is 0 Å². The summed E-state index contributed by atoms with van der Waals surface area (Å²) in [5.74, 6) is 0.602. The maximum Gasteiger partial charge on any atom is 0.152 e. The van der Waals surface area contributed by atoms with Gasteiger partial charge in [0.25, 0.3) is 0 Å². The smallest absolute Gasteiger partial charge is 0.152 e. The molecule has 1 rings (SSSR count). The van der Waals surface area contributed by atoms with E-state index in [-0.39, 0.29) is 19.4 Å². The Hall–Kier alpha value is -0.370. The average Bonchev–Trinajstić information content (AvgIpc) is 2.33. The van der Waals surface area contributed by atoms with E-state index in [0.717, 1.165) is 13.0 Å². The molecule has 0 amide bonds. The van der Waals surface area contributed by atoms with E-state index in [9.17, 15) is 4.79 Å². The highest BCUT2D eigenvalue weighted by Crippen LogP contribution is 2.18. The zero-order valence-electron chi connectivity index (χ0n) is 7.63. The van der Waals surface area contributed by atoms with Gasteiger partial charge in [-0.25, -0.2) is 0 Å². The third kappa shape index (κ3) is 2.31. The minimum Gasteiger partial charge on any atom is -0.298 e. The van der Waals surface area contributed by atoms with E-state index < -0.39 is 0 Å². The van der Waals surface area contributed by atoms with Crippen molar-refractivity contribution in [2.24, 2.45) is 5.92 Å². The molecule has 0 aliphatic carbocycles. The van der Waals surface area contributed by atoms with Gasteiger partial charge >= 0.3 is 0 Å². The molecule has 1 heterocycles. The molecule has 1 atom stereocenters. The van der Waals surface area contributed by atoms with Crippen LogP contribution < -0.4 is 0 Å². The molecule has 1 aliphatic heterocycles. The number of nitrogens with zero attached hydrogens (tertiary/aromatic N) is 1. The predicted octanol–water partition coefficient (Wildman–Crippen LogP) is 1.94. The van der Waals surface area contributed by atoms with Crippen LogP contribution in [0, 0.1) is 5.92 Å². The molecule has 1 fully saturated rings. The third-order valence-corrected chi connectivity index (χ3v) is 2.42. The van der Waals surface area contributed by atoms with Crippen LogP contribution in [0.4, 0.5) is 0 Å². The van der Waals surface area contributed by atoms with Gasteiger partial charge in [0, 0.05) is 5.92 Å². The van der Waals surface area contributed by atoms with Crippen LogP contribution in [-0.4, -0.2) is 30.3 Å². The first-order valence-electron chi connectivity index (χ1n) is 4.37. The van der Waals surface area contributed by atoms with Crippen molar-refractivity contribution in [2.45, 2.75) is 40.2 Å². The normalized spacial score (nSPS) is 24.2. The number of ketones is 1. The Labute approximate surface area is 75.9 Å². The van der Waals surface area contributed by atoms with Crippen molar-refractivity contribution in [1.29, 1.82) is 0 Å². The topological polar surface area (TPSA) is 20.3 Å². The predicted molar refractivity (Wildman–Crippen MR) is 52.2 cm³/mol. The van der Waals surface area contributed by atoms with Gasteiger partial charge in [-0.1, -0.05) is 21.3 Å². The summed E-state index contributed by atoms with van der Waals surface area (Å²) in [6.07, 6.45) is 2.24. The molecule has 0 radical (unpaired) electrons. The summed E-state index contributed by atoms with van der Waals surface area (Å²) in [6.45, 7) is 5.05. The summed E-state index contributed by atoms with van der Waals surface area (Å²) in [4.78, 5) is 13.7. The first-order valence-corrected chi connectivity index (χ1v) is 4.37. The van der Waals surface area contributed by atoms with Crippen molar-refractivity contribution in [3.8, 4) is 0 Å². The fourth-order valence-electron chi connectivity index (χ4n) is 1.65. The molecular weight excluding hydrogens is 150 g/mol. The van der Waals surface area contributed by atoms with Gasteiger partial charge < -0.3 is 0 Å².